The van der Waals surface area contributed by atoms with Gasteiger partial charge in [0.15, 0.2) is 0 Å². The molecule has 0 aliphatic rings. The molecule has 114 valence electrons. The number of rotatable bonds is 4. The van der Waals surface area contributed by atoms with E-state index >= 15 is 0 Å². The van der Waals surface area contributed by atoms with Gasteiger partial charge < -0.3 is 15.2 Å². The Morgan fingerprint density at radius 3 is 2.23 bits per heavy atom. The highest BCUT2D eigenvalue weighted by atomic mass is 16.2. The Morgan fingerprint density at radius 2 is 1.68 bits per heavy atom. The van der Waals surface area contributed by atoms with Crippen LogP contribution in [-0.2, 0) is 6.54 Å². The van der Waals surface area contributed by atoms with Gasteiger partial charge in [-0.15, -0.1) is 0 Å². The van der Waals surface area contributed by atoms with Crippen LogP contribution >= 0.6 is 0 Å². The molecule has 2 N–H and O–H groups in total. The third-order valence-corrected chi connectivity index (χ3v) is 3.11. The van der Waals surface area contributed by atoms with Gasteiger partial charge in [-0.2, -0.15) is 0 Å². The van der Waals surface area contributed by atoms with Crippen LogP contribution < -0.4 is 10.9 Å². The lowest BCUT2D eigenvalue weighted by molar-refractivity contribution is 0.0827. The van der Waals surface area contributed by atoms with Gasteiger partial charge in [-0.1, -0.05) is 12.1 Å². The van der Waals surface area contributed by atoms with E-state index in [1.54, 1.807) is 38.4 Å². The Morgan fingerprint density at radius 1 is 1.05 bits per heavy atom. The quantitative estimate of drug-likeness (QED) is 0.884. The molecular weight excluding hydrogens is 282 g/mol. The molecule has 2 rings (SSSR count). The van der Waals surface area contributed by atoms with Crippen LogP contribution in [0, 0.1) is 0 Å². The van der Waals surface area contributed by atoms with Crippen LogP contribution in [0.5, 0.6) is 0 Å². The number of H-pyrrole nitrogens is 1. The molecule has 6 nitrogen and oxygen atoms in total. The maximum absolute atomic E-state index is 11.9. The number of hydrogen-bond acceptors (Lipinski definition) is 3. The number of aromatic nitrogens is 1. The van der Waals surface area contributed by atoms with E-state index < -0.39 is 0 Å². The van der Waals surface area contributed by atoms with E-state index in [9.17, 15) is 14.4 Å². The van der Waals surface area contributed by atoms with Gasteiger partial charge in [0.05, 0.1) is 5.56 Å². The first-order valence-electron chi connectivity index (χ1n) is 6.75. The van der Waals surface area contributed by atoms with E-state index in [1.165, 1.54) is 23.2 Å². The molecule has 0 bridgehead atoms. The van der Waals surface area contributed by atoms with Crippen LogP contribution in [0.2, 0.25) is 0 Å². The van der Waals surface area contributed by atoms with Crippen molar-refractivity contribution in [3.05, 3.63) is 69.6 Å². The van der Waals surface area contributed by atoms with E-state index in [2.05, 4.69) is 10.3 Å². The highest BCUT2D eigenvalue weighted by molar-refractivity contribution is 5.94. The third-order valence-electron chi connectivity index (χ3n) is 3.11. The summed E-state index contributed by atoms with van der Waals surface area (Å²) in [6.45, 7) is 0.342. The van der Waals surface area contributed by atoms with Crippen LogP contribution in [0.3, 0.4) is 0 Å². The summed E-state index contributed by atoms with van der Waals surface area (Å²) in [5.74, 6) is -0.339. The summed E-state index contributed by atoms with van der Waals surface area (Å²) in [6.07, 6.45) is 1.37. The predicted octanol–water partition coefficient (Wildman–Crippen LogP) is 1.01. The highest BCUT2D eigenvalue weighted by Gasteiger charge is 2.08. The number of nitrogens with zero attached hydrogens (tertiary/aromatic N) is 1. The fraction of sp³-hybridized carbons (Fsp3) is 0.188. The first-order valence-corrected chi connectivity index (χ1v) is 6.75. The van der Waals surface area contributed by atoms with Gasteiger partial charge >= 0.3 is 0 Å². The number of aromatic amines is 1. The van der Waals surface area contributed by atoms with Crippen molar-refractivity contribution < 1.29 is 9.59 Å². The maximum Gasteiger partial charge on any atom is 0.253 e. The maximum atomic E-state index is 11.9. The molecule has 0 saturated carbocycles. The minimum Gasteiger partial charge on any atom is -0.348 e. The average molecular weight is 299 g/mol. The Bertz CT molecular complexity index is 713. The average Bonchev–Trinajstić information content (AvgIpc) is 2.53. The molecule has 22 heavy (non-hydrogen) atoms. The van der Waals surface area contributed by atoms with Gasteiger partial charge in [0.25, 0.3) is 11.8 Å². The molecule has 0 atom stereocenters. The van der Waals surface area contributed by atoms with Crippen molar-refractivity contribution in [1.29, 1.82) is 0 Å². The van der Waals surface area contributed by atoms with Gasteiger partial charge in [-0.05, 0) is 23.8 Å². The molecule has 0 spiro atoms. The minimum absolute atomic E-state index is 0.0659. The number of nitrogens with one attached hydrogen (secondary N) is 2. The molecule has 0 aliphatic carbocycles. The second-order valence-electron chi connectivity index (χ2n) is 5.02. The van der Waals surface area contributed by atoms with Gasteiger partial charge in [-0.3, -0.25) is 14.4 Å². The summed E-state index contributed by atoms with van der Waals surface area (Å²) in [5, 5.41) is 2.75. The monoisotopic (exact) mass is 299 g/mol. The molecule has 0 fully saturated rings. The van der Waals surface area contributed by atoms with Crippen LogP contribution in [0.1, 0.15) is 26.3 Å². The molecule has 2 aromatic rings. The Labute approximate surface area is 127 Å². The number of carbonyl (C=O) groups excluding carboxylic acids is 2. The van der Waals surface area contributed by atoms with Crippen molar-refractivity contribution >= 4 is 11.8 Å². The number of hydrogen-bond donors (Lipinski definition) is 2. The van der Waals surface area contributed by atoms with Crippen molar-refractivity contribution in [2.24, 2.45) is 0 Å². The Kier molecular flexibility index (Phi) is 4.73. The van der Waals surface area contributed by atoms with Crippen LogP contribution in [-0.4, -0.2) is 35.8 Å². The smallest absolute Gasteiger partial charge is 0.253 e. The largest absolute Gasteiger partial charge is 0.348 e. The van der Waals surface area contributed by atoms with Crippen molar-refractivity contribution in [3.8, 4) is 0 Å². The normalized spacial score (nSPS) is 10.1. The van der Waals surface area contributed by atoms with Gasteiger partial charge in [-0.25, -0.2) is 0 Å². The number of benzene rings is 1. The summed E-state index contributed by atoms with van der Waals surface area (Å²) < 4.78 is 0. The lowest BCUT2D eigenvalue weighted by Crippen LogP contribution is -2.24. The van der Waals surface area contributed by atoms with Gasteiger partial charge in [0.1, 0.15) is 0 Å². The second kappa shape index (κ2) is 6.71. The molecule has 1 aromatic carbocycles. The SMILES string of the molecule is CN(C)C(=O)c1ccc(CNC(=O)c2ccc(=O)[nH]c2)cc1. The Balaban J connectivity index is 1.97. The zero-order valence-corrected chi connectivity index (χ0v) is 12.4. The van der Waals surface area contributed by atoms with Crippen molar-refractivity contribution in [3.63, 3.8) is 0 Å². The molecule has 1 heterocycles. The topological polar surface area (TPSA) is 82.3 Å². The van der Waals surface area contributed by atoms with Crippen molar-refractivity contribution in [2.75, 3.05) is 14.1 Å². The minimum atomic E-state index is -0.273. The van der Waals surface area contributed by atoms with Crippen molar-refractivity contribution in [2.45, 2.75) is 6.54 Å². The van der Waals surface area contributed by atoms with Crippen LogP contribution in [0.25, 0.3) is 0 Å². The van der Waals surface area contributed by atoms with Crippen LogP contribution in [0.15, 0.2) is 47.4 Å². The molecule has 0 aliphatic heterocycles. The summed E-state index contributed by atoms with van der Waals surface area (Å²) in [4.78, 5) is 38.6. The fourth-order valence-corrected chi connectivity index (χ4v) is 1.86. The lowest BCUT2D eigenvalue weighted by atomic mass is 10.1. The number of pyridine rings is 1. The molecule has 0 radical (unpaired) electrons. The molecule has 0 unspecified atom stereocenters. The summed E-state index contributed by atoms with van der Waals surface area (Å²) >= 11 is 0. The first-order chi connectivity index (χ1) is 10.5. The fourth-order valence-electron chi connectivity index (χ4n) is 1.86. The van der Waals surface area contributed by atoms with Crippen molar-refractivity contribution in [1.82, 2.24) is 15.2 Å². The first kappa shape index (κ1) is 15.5. The number of amides is 2. The summed E-state index contributed by atoms with van der Waals surface area (Å²) in [7, 11) is 3.39. The van der Waals surface area contributed by atoms with E-state index in [0.717, 1.165) is 5.56 Å². The van der Waals surface area contributed by atoms with Crippen LogP contribution in [0.4, 0.5) is 0 Å². The highest BCUT2D eigenvalue weighted by Crippen LogP contribution is 2.06. The molecule has 0 saturated heterocycles. The van der Waals surface area contributed by atoms with Gasteiger partial charge in [0, 0.05) is 38.5 Å². The van der Waals surface area contributed by atoms with Gasteiger partial charge in [0.2, 0.25) is 5.56 Å². The molecule has 1 aromatic heterocycles. The third kappa shape index (κ3) is 3.82. The summed E-state index contributed by atoms with van der Waals surface area (Å²) in [6, 6.07) is 9.81. The zero-order chi connectivity index (χ0) is 16.1. The lowest BCUT2D eigenvalue weighted by Gasteiger charge is -2.10. The molecule has 2 amide bonds. The second-order valence-corrected chi connectivity index (χ2v) is 5.02. The van der Waals surface area contributed by atoms with E-state index in [4.69, 9.17) is 0 Å². The summed E-state index contributed by atoms with van der Waals surface area (Å²) in [5.41, 5.74) is 1.62. The predicted molar refractivity (Wildman–Crippen MR) is 82.7 cm³/mol. The van der Waals surface area contributed by atoms with E-state index in [-0.39, 0.29) is 17.4 Å². The number of carbonyl (C=O) groups is 2. The zero-order valence-electron chi connectivity index (χ0n) is 12.4. The standard InChI is InChI=1S/C16H17N3O3/c1-19(2)16(22)12-5-3-11(4-6-12)9-18-15(21)13-7-8-14(20)17-10-13/h3-8,10H,9H2,1-2H3,(H,17,20)(H,18,21). The van der Waals surface area contributed by atoms with E-state index in [1.807, 2.05) is 0 Å². The molecular formula is C16H17N3O3. The molecule has 6 heteroatoms. The Hall–Kier alpha value is -2.89. The van der Waals surface area contributed by atoms with E-state index in [0.29, 0.717) is 17.7 Å².